The molecular weight excluding hydrogens is 416 g/mol. The summed E-state index contributed by atoms with van der Waals surface area (Å²) in [5.41, 5.74) is 2.64. The van der Waals surface area contributed by atoms with Crippen LogP contribution < -0.4 is 10.2 Å². The van der Waals surface area contributed by atoms with Gasteiger partial charge in [-0.25, -0.2) is 8.42 Å². The van der Waals surface area contributed by atoms with Crippen molar-refractivity contribution in [1.82, 2.24) is 0 Å². The van der Waals surface area contributed by atoms with Gasteiger partial charge in [0.05, 0.1) is 24.1 Å². The predicted octanol–water partition coefficient (Wildman–Crippen LogP) is 3.39. The Hall–Kier alpha value is -1.86. The number of benzene rings is 2. The first kappa shape index (κ1) is 18.9. The number of halogens is 1. The Balaban J connectivity index is 1.79. The van der Waals surface area contributed by atoms with E-state index in [0.29, 0.717) is 6.42 Å². The van der Waals surface area contributed by atoms with Crippen molar-refractivity contribution >= 4 is 43.0 Å². The summed E-state index contributed by atoms with van der Waals surface area (Å²) in [7, 11) is -3.08. The van der Waals surface area contributed by atoms with E-state index in [4.69, 9.17) is 0 Å². The average molecular weight is 437 g/mol. The van der Waals surface area contributed by atoms with Crippen LogP contribution in [0.15, 0.2) is 53.0 Å². The van der Waals surface area contributed by atoms with E-state index in [1.165, 1.54) is 0 Å². The topological polar surface area (TPSA) is 66.5 Å². The van der Waals surface area contributed by atoms with Crippen LogP contribution in [0.3, 0.4) is 0 Å². The second kappa shape index (κ2) is 7.80. The predicted molar refractivity (Wildman–Crippen MR) is 108 cm³/mol. The van der Waals surface area contributed by atoms with Crippen LogP contribution in [0.2, 0.25) is 0 Å². The van der Waals surface area contributed by atoms with E-state index in [1.807, 2.05) is 55.5 Å². The standard InChI is InChI=1S/C19H21BrN2O3S/c1-14-11-15(20)7-8-18(14)21-12-19(23)22(16-5-3-2-4-6-16)17-9-10-26(24,25)13-17/h2-8,11,17,21H,9-10,12-13H2,1H3/t17-/m1/s1. The van der Waals surface area contributed by atoms with E-state index in [1.54, 1.807) is 4.90 Å². The van der Waals surface area contributed by atoms with Crippen molar-refractivity contribution in [1.29, 1.82) is 0 Å². The number of nitrogens with zero attached hydrogens (tertiary/aromatic N) is 1. The Labute approximate surface area is 162 Å². The van der Waals surface area contributed by atoms with Crippen LogP contribution in [0.4, 0.5) is 11.4 Å². The van der Waals surface area contributed by atoms with Crippen LogP contribution in [0.25, 0.3) is 0 Å². The zero-order valence-electron chi connectivity index (χ0n) is 14.5. The summed E-state index contributed by atoms with van der Waals surface area (Å²) in [6.45, 7) is 2.07. The first-order chi connectivity index (χ1) is 12.4. The van der Waals surface area contributed by atoms with Crippen molar-refractivity contribution < 1.29 is 13.2 Å². The van der Waals surface area contributed by atoms with E-state index in [2.05, 4.69) is 21.2 Å². The third-order valence-electron chi connectivity index (χ3n) is 4.50. The SMILES string of the molecule is Cc1cc(Br)ccc1NCC(=O)N(c1ccccc1)[C@@H]1CCS(=O)(=O)C1. The number of para-hydroxylation sites is 1. The van der Waals surface area contributed by atoms with E-state index >= 15 is 0 Å². The van der Waals surface area contributed by atoms with Crippen LogP contribution in [-0.2, 0) is 14.6 Å². The number of hydrogen-bond donors (Lipinski definition) is 1. The minimum Gasteiger partial charge on any atom is -0.376 e. The highest BCUT2D eigenvalue weighted by atomic mass is 79.9. The molecule has 1 saturated heterocycles. The molecule has 1 fully saturated rings. The maximum atomic E-state index is 13.0. The lowest BCUT2D eigenvalue weighted by Crippen LogP contribution is -2.44. The van der Waals surface area contributed by atoms with Crippen LogP contribution in [-0.4, -0.2) is 38.4 Å². The molecule has 0 unspecified atom stereocenters. The van der Waals surface area contributed by atoms with Crippen molar-refractivity contribution in [2.75, 3.05) is 28.3 Å². The van der Waals surface area contributed by atoms with E-state index in [-0.39, 0.29) is 30.0 Å². The molecule has 1 atom stereocenters. The molecule has 0 saturated carbocycles. The van der Waals surface area contributed by atoms with Gasteiger partial charge in [-0.2, -0.15) is 0 Å². The molecule has 1 aliphatic heterocycles. The van der Waals surface area contributed by atoms with Crippen LogP contribution in [0.1, 0.15) is 12.0 Å². The Morgan fingerprint density at radius 1 is 1.23 bits per heavy atom. The van der Waals surface area contributed by atoms with Crippen molar-refractivity contribution in [2.24, 2.45) is 0 Å². The molecular formula is C19H21BrN2O3S. The highest BCUT2D eigenvalue weighted by Gasteiger charge is 2.35. The molecule has 1 heterocycles. The summed E-state index contributed by atoms with van der Waals surface area (Å²) >= 11 is 3.43. The normalized spacial score (nSPS) is 18.5. The fourth-order valence-corrected chi connectivity index (χ4v) is 5.38. The van der Waals surface area contributed by atoms with Crippen LogP contribution in [0.5, 0.6) is 0 Å². The van der Waals surface area contributed by atoms with Gasteiger partial charge < -0.3 is 10.2 Å². The van der Waals surface area contributed by atoms with E-state index in [0.717, 1.165) is 21.4 Å². The van der Waals surface area contributed by atoms with Gasteiger partial charge in [0.15, 0.2) is 9.84 Å². The number of sulfone groups is 1. The molecule has 0 aliphatic carbocycles. The zero-order valence-corrected chi connectivity index (χ0v) is 16.9. The summed E-state index contributed by atoms with van der Waals surface area (Å²) in [5, 5.41) is 3.17. The average Bonchev–Trinajstić information content (AvgIpc) is 2.95. The molecule has 0 radical (unpaired) electrons. The number of carbonyl (C=O) groups is 1. The molecule has 138 valence electrons. The van der Waals surface area contributed by atoms with Gasteiger partial charge in [0.1, 0.15) is 0 Å². The number of amides is 1. The second-order valence-corrected chi connectivity index (χ2v) is 9.61. The molecule has 0 bridgehead atoms. The number of aryl methyl sites for hydroxylation is 1. The summed E-state index contributed by atoms with van der Waals surface area (Å²) in [6.07, 6.45) is 0.472. The molecule has 5 nitrogen and oxygen atoms in total. The van der Waals surface area contributed by atoms with Crippen molar-refractivity contribution in [3.05, 3.63) is 58.6 Å². The van der Waals surface area contributed by atoms with Gasteiger partial charge in [0.25, 0.3) is 0 Å². The quantitative estimate of drug-likeness (QED) is 0.779. The first-order valence-corrected chi connectivity index (χ1v) is 11.0. The van der Waals surface area contributed by atoms with Gasteiger partial charge >= 0.3 is 0 Å². The highest BCUT2D eigenvalue weighted by molar-refractivity contribution is 9.10. The molecule has 3 rings (SSSR count). The fraction of sp³-hybridized carbons (Fsp3) is 0.316. The van der Waals surface area contributed by atoms with Gasteiger partial charge in [0, 0.05) is 15.8 Å². The Morgan fingerprint density at radius 3 is 2.58 bits per heavy atom. The lowest BCUT2D eigenvalue weighted by Gasteiger charge is -2.29. The van der Waals surface area contributed by atoms with Gasteiger partial charge in [-0.1, -0.05) is 34.1 Å². The largest absolute Gasteiger partial charge is 0.376 e. The van der Waals surface area contributed by atoms with Crippen LogP contribution in [0, 0.1) is 6.92 Å². The smallest absolute Gasteiger partial charge is 0.246 e. The number of hydrogen-bond acceptors (Lipinski definition) is 4. The minimum absolute atomic E-state index is 0.0188. The number of rotatable bonds is 5. The molecule has 0 spiro atoms. The Bertz CT molecular complexity index is 900. The van der Waals surface area contributed by atoms with Gasteiger partial charge in [-0.15, -0.1) is 0 Å². The molecule has 2 aromatic rings. The zero-order chi connectivity index (χ0) is 18.7. The van der Waals surface area contributed by atoms with E-state index in [9.17, 15) is 13.2 Å². The highest BCUT2D eigenvalue weighted by Crippen LogP contribution is 2.25. The monoisotopic (exact) mass is 436 g/mol. The molecule has 7 heteroatoms. The minimum atomic E-state index is -3.08. The van der Waals surface area contributed by atoms with Gasteiger partial charge in [-0.05, 0) is 49.2 Å². The molecule has 1 amide bonds. The third kappa shape index (κ3) is 4.45. The molecule has 1 aliphatic rings. The molecule has 0 aromatic heterocycles. The summed E-state index contributed by atoms with van der Waals surface area (Å²) in [6, 6.07) is 14.8. The van der Waals surface area contributed by atoms with Crippen molar-refractivity contribution in [3.63, 3.8) is 0 Å². The van der Waals surface area contributed by atoms with Crippen LogP contribution >= 0.6 is 15.9 Å². The molecule has 26 heavy (non-hydrogen) atoms. The Kier molecular flexibility index (Phi) is 5.67. The third-order valence-corrected chi connectivity index (χ3v) is 6.74. The van der Waals surface area contributed by atoms with Crippen molar-refractivity contribution in [2.45, 2.75) is 19.4 Å². The first-order valence-electron chi connectivity index (χ1n) is 8.43. The summed E-state index contributed by atoms with van der Waals surface area (Å²) in [4.78, 5) is 14.6. The number of carbonyl (C=O) groups excluding carboxylic acids is 1. The van der Waals surface area contributed by atoms with Gasteiger partial charge in [0.2, 0.25) is 5.91 Å². The van der Waals surface area contributed by atoms with Gasteiger partial charge in [-0.3, -0.25) is 4.79 Å². The number of anilines is 2. The van der Waals surface area contributed by atoms with E-state index < -0.39 is 9.84 Å². The summed E-state index contributed by atoms with van der Waals surface area (Å²) < 4.78 is 24.8. The lowest BCUT2D eigenvalue weighted by atomic mass is 10.1. The maximum absolute atomic E-state index is 13.0. The molecule has 1 N–H and O–H groups in total. The maximum Gasteiger partial charge on any atom is 0.246 e. The Morgan fingerprint density at radius 2 is 1.96 bits per heavy atom. The molecule has 2 aromatic carbocycles. The fourth-order valence-electron chi connectivity index (χ4n) is 3.21. The van der Waals surface area contributed by atoms with Crippen molar-refractivity contribution in [3.8, 4) is 0 Å². The number of nitrogens with one attached hydrogen (secondary N) is 1. The lowest BCUT2D eigenvalue weighted by molar-refractivity contribution is -0.117. The second-order valence-electron chi connectivity index (χ2n) is 6.47. The summed E-state index contributed by atoms with van der Waals surface area (Å²) in [5.74, 6) is 0.0129.